The summed E-state index contributed by atoms with van der Waals surface area (Å²) in [5, 5.41) is 12.3. The van der Waals surface area contributed by atoms with Crippen molar-refractivity contribution in [2.24, 2.45) is 0 Å². The van der Waals surface area contributed by atoms with E-state index in [1.54, 1.807) is 42.6 Å². The topological polar surface area (TPSA) is 82.6 Å². The number of ketones is 1. The zero-order valence-electron chi connectivity index (χ0n) is 18.7. The van der Waals surface area contributed by atoms with Gasteiger partial charge in [0.15, 0.2) is 0 Å². The Morgan fingerprint density at radius 2 is 1.76 bits per heavy atom. The van der Waals surface area contributed by atoms with Gasteiger partial charge in [-0.3, -0.25) is 14.5 Å². The molecule has 0 spiro atoms. The van der Waals surface area contributed by atoms with Crippen LogP contribution in [0.3, 0.4) is 0 Å². The molecule has 1 atom stereocenters. The van der Waals surface area contributed by atoms with Gasteiger partial charge >= 0.3 is 0 Å². The molecule has 5 rings (SSSR count). The number of hydrogen-bond acceptors (Lipinski definition) is 4. The van der Waals surface area contributed by atoms with Crippen LogP contribution >= 0.6 is 0 Å². The van der Waals surface area contributed by atoms with Crippen LogP contribution in [0.25, 0.3) is 16.7 Å². The highest BCUT2D eigenvalue weighted by molar-refractivity contribution is 6.51. The highest BCUT2D eigenvalue weighted by atomic mass is 16.5. The summed E-state index contributed by atoms with van der Waals surface area (Å²) in [4.78, 5) is 31.3. The molecule has 1 amide bonds. The van der Waals surface area contributed by atoms with Gasteiger partial charge in [0.1, 0.15) is 11.5 Å². The van der Waals surface area contributed by atoms with Crippen molar-refractivity contribution in [1.82, 2.24) is 4.98 Å². The molecule has 2 heterocycles. The first-order valence-corrected chi connectivity index (χ1v) is 11.3. The molecule has 1 saturated heterocycles. The molecule has 4 aromatic rings. The van der Waals surface area contributed by atoms with Gasteiger partial charge in [-0.1, -0.05) is 55.5 Å². The van der Waals surface area contributed by atoms with Gasteiger partial charge in [0.2, 0.25) is 0 Å². The zero-order valence-corrected chi connectivity index (χ0v) is 18.7. The van der Waals surface area contributed by atoms with Crippen molar-refractivity contribution < 1.29 is 19.4 Å². The maximum absolute atomic E-state index is 13.4. The van der Waals surface area contributed by atoms with Crippen molar-refractivity contribution in [3.8, 4) is 5.75 Å². The van der Waals surface area contributed by atoms with Crippen molar-refractivity contribution in [2.45, 2.75) is 19.4 Å². The van der Waals surface area contributed by atoms with Crippen molar-refractivity contribution in [1.29, 1.82) is 0 Å². The Labute approximate surface area is 197 Å². The average molecular weight is 453 g/mol. The largest absolute Gasteiger partial charge is 0.507 e. The number of Topliss-reactive ketones (excluding diaryl/α,β-unsaturated/α-hetero) is 1. The van der Waals surface area contributed by atoms with E-state index in [-0.39, 0.29) is 11.3 Å². The molecule has 1 aliphatic heterocycles. The Morgan fingerprint density at radius 1 is 1.00 bits per heavy atom. The Morgan fingerprint density at radius 3 is 2.56 bits per heavy atom. The molecule has 0 bridgehead atoms. The number of benzene rings is 3. The molecule has 1 aliphatic rings. The van der Waals surface area contributed by atoms with Crippen molar-refractivity contribution in [2.75, 3.05) is 11.5 Å². The molecule has 6 nitrogen and oxygen atoms in total. The van der Waals surface area contributed by atoms with Crippen LogP contribution in [-0.4, -0.2) is 28.4 Å². The number of H-pyrrole nitrogens is 1. The molecule has 170 valence electrons. The summed E-state index contributed by atoms with van der Waals surface area (Å²) in [7, 11) is 0. The van der Waals surface area contributed by atoms with Gasteiger partial charge in [-0.25, -0.2) is 0 Å². The van der Waals surface area contributed by atoms with Crippen LogP contribution in [0.4, 0.5) is 5.69 Å². The fraction of sp³-hybridized carbons (Fsp3) is 0.143. The number of aliphatic hydroxyl groups is 1. The SMILES string of the molecule is CCCOc1cccc(/C(O)=C2\C(=O)C(=O)N(c3ccccc3)C2c2c[nH]c3ccccc23)c1. The highest BCUT2D eigenvalue weighted by Gasteiger charge is 2.47. The predicted octanol–water partition coefficient (Wildman–Crippen LogP) is 5.58. The summed E-state index contributed by atoms with van der Waals surface area (Å²) in [6.07, 6.45) is 2.64. The third-order valence-electron chi connectivity index (χ3n) is 5.97. The lowest BCUT2D eigenvalue weighted by molar-refractivity contribution is -0.132. The molecule has 0 radical (unpaired) electrons. The number of hydrogen-bond donors (Lipinski definition) is 2. The van der Waals surface area contributed by atoms with Gasteiger partial charge in [-0.15, -0.1) is 0 Å². The number of nitrogens with zero attached hydrogens (tertiary/aromatic N) is 1. The first kappa shape index (κ1) is 21.5. The number of carbonyl (C=O) groups is 2. The van der Waals surface area contributed by atoms with Crippen LogP contribution in [0.2, 0.25) is 0 Å². The second-order valence-electron chi connectivity index (χ2n) is 8.17. The summed E-state index contributed by atoms with van der Waals surface area (Å²) in [5.41, 5.74) is 2.67. The number of amides is 1. The number of rotatable bonds is 6. The van der Waals surface area contributed by atoms with Crippen LogP contribution in [0.15, 0.2) is 90.6 Å². The zero-order chi connectivity index (χ0) is 23.7. The van der Waals surface area contributed by atoms with Gasteiger partial charge in [-0.2, -0.15) is 0 Å². The highest BCUT2D eigenvalue weighted by Crippen LogP contribution is 2.44. The fourth-order valence-electron chi connectivity index (χ4n) is 4.41. The van der Waals surface area contributed by atoms with E-state index < -0.39 is 17.7 Å². The van der Waals surface area contributed by atoms with Crippen molar-refractivity contribution in [3.05, 3.63) is 102 Å². The number of para-hydroxylation sites is 2. The van der Waals surface area contributed by atoms with Gasteiger partial charge in [0.05, 0.1) is 18.2 Å². The van der Waals surface area contributed by atoms with E-state index in [9.17, 15) is 14.7 Å². The number of fused-ring (bicyclic) bond motifs is 1. The first-order chi connectivity index (χ1) is 16.6. The Bertz CT molecular complexity index is 1400. The molecular formula is C28H24N2O4. The molecule has 1 aromatic heterocycles. The number of ether oxygens (including phenoxy) is 1. The second-order valence-corrected chi connectivity index (χ2v) is 8.17. The smallest absolute Gasteiger partial charge is 0.300 e. The van der Waals surface area contributed by atoms with Gasteiger partial charge < -0.3 is 14.8 Å². The average Bonchev–Trinajstić information content (AvgIpc) is 3.41. The minimum absolute atomic E-state index is 0.0475. The Balaban J connectivity index is 1.72. The van der Waals surface area contributed by atoms with E-state index in [1.165, 1.54) is 4.90 Å². The van der Waals surface area contributed by atoms with Crippen molar-refractivity contribution >= 4 is 34.0 Å². The summed E-state index contributed by atoms with van der Waals surface area (Å²) in [6, 6.07) is 22.9. The fourth-order valence-corrected chi connectivity index (χ4v) is 4.41. The maximum Gasteiger partial charge on any atom is 0.300 e. The number of nitrogens with one attached hydrogen (secondary N) is 1. The standard InChI is InChI=1S/C28H24N2O4/c1-2-15-34-20-12-8-9-18(16-20)26(31)24-25(22-17-29-23-14-7-6-13-21(22)23)30(28(33)27(24)32)19-10-4-3-5-11-19/h3-14,16-17,25,29,31H,2,15H2,1H3/b26-24+. The minimum atomic E-state index is -0.793. The normalized spacial score (nSPS) is 17.4. The molecule has 1 unspecified atom stereocenters. The van der Waals surface area contributed by atoms with E-state index in [1.807, 2.05) is 49.4 Å². The van der Waals surface area contributed by atoms with Gasteiger partial charge in [0, 0.05) is 33.9 Å². The molecule has 0 saturated carbocycles. The summed E-state index contributed by atoms with van der Waals surface area (Å²) >= 11 is 0. The van der Waals surface area contributed by atoms with E-state index in [0.29, 0.717) is 23.6 Å². The third kappa shape index (κ3) is 3.63. The predicted molar refractivity (Wildman–Crippen MR) is 132 cm³/mol. The lowest BCUT2D eigenvalue weighted by Gasteiger charge is -2.25. The van der Waals surface area contributed by atoms with Gasteiger partial charge in [-0.05, 0) is 36.8 Å². The quantitative estimate of drug-likeness (QED) is 0.227. The van der Waals surface area contributed by atoms with E-state index >= 15 is 0 Å². The number of carbonyl (C=O) groups excluding carboxylic acids is 2. The number of anilines is 1. The van der Waals surface area contributed by atoms with Crippen LogP contribution in [0, 0.1) is 0 Å². The lowest BCUT2D eigenvalue weighted by atomic mass is 9.94. The molecule has 0 aliphatic carbocycles. The number of aromatic nitrogens is 1. The van der Waals surface area contributed by atoms with Crippen LogP contribution in [-0.2, 0) is 9.59 Å². The summed E-state index contributed by atoms with van der Waals surface area (Å²) in [6.45, 7) is 2.55. The van der Waals surface area contributed by atoms with Gasteiger partial charge in [0.25, 0.3) is 11.7 Å². The second kappa shape index (κ2) is 8.90. The first-order valence-electron chi connectivity index (χ1n) is 11.3. The Hall–Kier alpha value is -4.32. The third-order valence-corrected chi connectivity index (χ3v) is 5.97. The molecule has 34 heavy (non-hydrogen) atoms. The summed E-state index contributed by atoms with van der Waals surface area (Å²) in [5.74, 6) is -1.04. The van der Waals surface area contributed by atoms with E-state index in [4.69, 9.17) is 4.74 Å². The lowest BCUT2D eigenvalue weighted by Crippen LogP contribution is -2.29. The molecule has 3 aromatic carbocycles. The van der Waals surface area contributed by atoms with Crippen molar-refractivity contribution in [3.63, 3.8) is 0 Å². The maximum atomic E-state index is 13.4. The number of aliphatic hydroxyl groups excluding tert-OH is 1. The minimum Gasteiger partial charge on any atom is -0.507 e. The Kier molecular flexibility index (Phi) is 5.64. The van der Waals surface area contributed by atoms with E-state index in [0.717, 1.165) is 22.9 Å². The number of aromatic amines is 1. The monoisotopic (exact) mass is 452 g/mol. The summed E-state index contributed by atoms with van der Waals surface area (Å²) < 4.78 is 5.70. The molecule has 6 heteroatoms. The van der Waals surface area contributed by atoms with Crippen LogP contribution in [0.1, 0.15) is 30.5 Å². The molecular weight excluding hydrogens is 428 g/mol. The molecule has 1 fully saturated rings. The van der Waals surface area contributed by atoms with E-state index in [2.05, 4.69) is 4.98 Å². The van der Waals surface area contributed by atoms with Crippen LogP contribution in [0.5, 0.6) is 5.75 Å². The van der Waals surface area contributed by atoms with Crippen LogP contribution < -0.4 is 9.64 Å². The molecule has 2 N–H and O–H groups in total.